The van der Waals surface area contributed by atoms with Gasteiger partial charge >= 0.3 is 11.9 Å². The highest BCUT2D eigenvalue weighted by Gasteiger charge is 2.26. The van der Waals surface area contributed by atoms with Gasteiger partial charge < -0.3 is 19.8 Å². The van der Waals surface area contributed by atoms with E-state index in [-0.39, 0.29) is 18.7 Å². The molecular weight excluding hydrogens is 428 g/mol. The Balaban J connectivity index is 2.32. The van der Waals surface area contributed by atoms with Crippen molar-refractivity contribution >= 4 is 33.8 Å². The van der Waals surface area contributed by atoms with Crippen LogP contribution in [0.25, 0.3) is 0 Å². The average Bonchev–Trinajstić information content (AvgIpc) is 2.95. The van der Waals surface area contributed by atoms with E-state index in [1.54, 1.807) is 20.8 Å². The summed E-state index contributed by atoms with van der Waals surface area (Å²) in [7, 11) is 1.30. The van der Waals surface area contributed by atoms with Crippen molar-refractivity contribution in [1.82, 2.24) is 10.3 Å². The lowest BCUT2D eigenvalue weighted by molar-refractivity contribution is -0.141. The van der Waals surface area contributed by atoms with E-state index in [4.69, 9.17) is 9.47 Å². The molecule has 0 aliphatic carbocycles. The van der Waals surface area contributed by atoms with Crippen LogP contribution in [0.3, 0.4) is 0 Å². The molecule has 150 valence electrons. The number of aromatic nitrogens is 1. The minimum absolute atomic E-state index is 0.0256. The zero-order valence-corrected chi connectivity index (χ0v) is 17.8. The zero-order valence-electron chi connectivity index (χ0n) is 16.2. The molecule has 1 heterocycles. The van der Waals surface area contributed by atoms with Gasteiger partial charge in [-0.25, -0.2) is 4.79 Å². The predicted octanol–water partition coefficient (Wildman–Crippen LogP) is 3.60. The maximum absolute atomic E-state index is 12.9. The SMILES string of the molecule is CCOC(=O)c1c(C)[nH]c(C(=O)NC(CC(=O)OC)c2cccc(Br)c2)c1C. The van der Waals surface area contributed by atoms with Crippen molar-refractivity contribution < 1.29 is 23.9 Å². The molecule has 2 N–H and O–H groups in total. The summed E-state index contributed by atoms with van der Waals surface area (Å²) in [5, 5.41) is 2.85. The second-order valence-corrected chi connectivity index (χ2v) is 7.12. The molecule has 0 saturated heterocycles. The molecular formula is C20H23BrN2O5. The highest BCUT2D eigenvalue weighted by molar-refractivity contribution is 9.10. The van der Waals surface area contributed by atoms with Gasteiger partial charge in [-0.15, -0.1) is 0 Å². The Morgan fingerprint density at radius 1 is 1.25 bits per heavy atom. The Bertz CT molecular complexity index is 891. The van der Waals surface area contributed by atoms with Crippen LogP contribution in [0.4, 0.5) is 0 Å². The Hall–Kier alpha value is -2.61. The van der Waals surface area contributed by atoms with Gasteiger partial charge in [0.25, 0.3) is 5.91 Å². The molecule has 1 aromatic heterocycles. The first-order valence-corrected chi connectivity index (χ1v) is 9.57. The molecule has 0 radical (unpaired) electrons. The van der Waals surface area contributed by atoms with Gasteiger partial charge in [-0.3, -0.25) is 9.59 Å². The minimum Gasteiger partial charge on any atom is -0.469 e. The number of methoxy groups -OCH3 is 1. The van der Waals surface area contributed by atoms with Crippen LogP contribution in [-0.4, -0.2) is 36.5 Å². The number of carbonyl (C=O) groups excluding carboxylic acids is 3. The van der Waals surface area contributed by atoms with Gasteiger partial charge in [-0.05, 0) is 44.0 Å². The number of amides is 1. The van der Waals surface area contributed by atoms with Crippen molar-refractivity contribution in [3.8, 4) is 0 Å². The lowest BCUT2D eigenvalue weighted by Gasteiger charge is -2.18. The molecule has 8 heteroatoms. The molecule has 1 amide bonds. The largest absolute Gasteiger partial charge is 0.469 e. The molecule has 0 saturated carbocycles. The average molecular weight is 451 g/mol. The van der Waals surface area contributed by atoms with Crippen LogP contribution in [0.2, 0.25) is 0 Å². The van der Waals surface area contributed by atoms with Crippen molar-refractivity contribution in [3.63, 3.8) is 0 Å². The van der Waals surface area contributed by atoms with Crippen molar-refractivity contribution in [2.24, 2.45) is 0 Å². The number of aryl methyl sites for hydroxylation is 1. The summed E-state index contributed by atoms with van der Waals surface area (Å²) in [4.78, 5) is 39.8. The van der Waals surface area contributed by atoms with Crippen LogP contribution >= 0.6 is 15.9 Å². The van der Waals surface area contributed by atoms with E-state index in [0.717, 1.165) is 10.0 Å². The maximum atomic E-state index is 12.9. The first kappa shape index (κ1) is 21.7. The number of nitrogens with one attached hydrogen (secondary N) is 2. The molecule has 1 aromatic carbocycles. The van der Waals surface area contributed by atoms with Gasteiger partial charge in [-0.1, -0.05) is 28.1 Å². The summed E-state index contributed by atoms with van der Waals surface area (Å²) in [5.74, 6) is -1.35. The van der Waals surface area contributed by atoms with Crippen molar-refractivity contribution in [2.75, 3.05) is 13.7 Å². The van der Waals surface area contributed by atoms with Gasteiger partial charge in [0.1, 0.15) is 5.69 Å². The van der Waals surface area contributed by atoms with Gasteiger partial charge in [-0.2, -0.15) is 0 Å². The monoisotopic (exact) mass is 450 g/mol. The maximum Gasteiger partial charge on any atom is 0.340 e. The standard InChI is InChI=1S/C20H23BrN2O5/c1-5-28-20(26)17-11(2)18(22-12(17)3)19(25)23-15(10-16(24)27-4)13-7-6-8-14(21)9-13/h6-9,15,22H,5,10H2,1-4H3,(H,23,25). The molecule has 2 rings (SSSR count). The van der Waals surface area contributed by atoms with E-state index in [0.29, 0.717) is 16.8 Å². The smallest absolute Gasteiger partial charge is 0.340 e. The van der Waals surface area contributed by atoms with E-state index in [1.165, 1.54) is 7.11 Å². The van der Waals surface area contributed by atoms with E-state index in [2.05, 4.69) is 26.2 Å². The van der Waals surface area contributed by atoms with Crippen LogP contribution < -0.4 is 5.32 Å². The first-order chi connectivity index (χ1) is 13.3. The van der Waals surface area contributed by atoms with Gasteiger partial charge in [0.05, 0.1) is 31.7 Å². The Morgan fingerprint density at radius 2 is 1.96 bits per heavy atom. The summed E-state index contributed by atoms with van der Waals surface area (Å²) < 4.78 is 10.6. The Labute approximate surface area is 171 Å². The lowest BCUT2D eigenvalue weighted by atomic mass is 10.0. The summed E-state index contributed by atoms with van der Waals surface area (Å²) in [5.41, 5.74) is 2.40. The van der Waals surface area contributed by atoms with Crippen LogP contribution in [0, 0.1) is 13.8 Å². The molecule has 7 nitrogen and oxygen atoms in total. The number of benzene rings is 1. The normalized spacial score (nSPS) is 11.6. The van der Waals surface area contributed by atoms with E-state index < -0.39 is 23.9 Å². The number of esters is 2. The fourth-order valence-corrected chi connectivity index (χ4v) is 3.36. The van der Waals surface area contributed by atoms with Gasteiger partial charge in [0.15, 0.2) is 0 Å². The number of aromatic amines is 1. The minimum atomic E-state index is -0.591. The Morgan fingerprint density at radius 3 is 2.57 bits per heavy atom. The van der Waals surface area contributed by atoms with Crippen molar-refractivity contribution in [2.45, 2.75) is 33.2 Å². The highest BCUT2D eigenvalue weighted by atomic mass is 79.9. The summed E-state index contributed by atoms with van der Waals surface area (Å²) in [6.07, 6.45) is -0.0256. The third-order valence-electron chi connectivity index (χ3n) is 4.30. The van der Waals surface area contributed by atoms with Crippen LogP contribution in [0.5, 0.6) is 0 Å². The fraction of sp³-hybridized carbons (Fsp3) is 0.350. The number of hydrogen-bond acceptors (Lipinski definition) is 5. The third kappa shape index (κ3) is 5.01. The predicted molar refractivity (Wildman–Crippen MR) is 107 cm³/mol. The number of carbonyl (C=O) groups is 3. The fourth-order valence-electron chi connectivity index (χ4n) is 2.94. The number of H-pyrrole nitrogens is 1. The summed E-state index contributed by atoms with van der Waals surface area (Å²) in [6, 6.07) is 6.72. The van der Waals surface area contributed by atoms with Gasteiger partial charge in [0, 0.05) is 10.2 Å². The molecule has 0 spiro atoms. The molecule has 2 aromatic rings. The summed E-state index contributed by atoms with van der Waals surface area (Å²) >= 11 is 3.39. The third-order valence-corrected chi connectivity index (χ3v) is 4.79. The van der Waals surface area contributed by atoms with Crippen molar-refractivity contribution in [1.29, 1.82) is 0 Å². The number of rotatable bonds is 7. The molecule has 28 heavy (non-hydrogen) atoms. The molecule has 1 atom stereocenters. The molecule has 0 fully saturated rings. The Kier molecular flexibility index (Phi) is 7.39. The summed E-state index contributed by atoms with van der Waals surface area (Å²) in [6.45, 7) is 5.35. The highest BCUT2D eigenvalue weighted by Crippen LogP contribution is 2.24. The topological polar surface area (TPSA) is 97.5 Å². The quantitative estimate of drug-likeness (QED) is 0.627. The van der Waals surface area contributed by atoms with E-state index in [1.807, 2.05) is 24.3 Å². The van der Waals surface area contributed by atoms with E-state index in [9.17, 15) is 14.4 Å². The van der Waals surface area contributed by atoms with Gasteiger partial charge in [0.2, 0.25) is 0 Å². The second kappa shape index (κ2) is 9.54. The number of hydrogen-bond donors (Lipinski definition) is 2. The molecule has 0 aliphatic heterocycles. The van der Waals surface area contributed by atoms with Crippen molar-refractivity contribution in [3.05, 3.63) is 56.8 Å². The number of halogens is 1. The molecule has 0 bridgehead atoms. The zero-order chi connectivity index (χ0) is 20.8. The molecule has 1 unspecified atom stereocenters. The lowest BCUT2D eigenvalue weighted by Crippen LogP contribution is -2.31. The number of ether oxygens (including phenoxy) is 2. The van der Waals surface area contributed by atoms with Crippen LogP contribution in [-0.2, 0) is 14.3 Å². The van der Waals surface area contributed by atoms with Crippen LogP contribution in [0.1, 0.15) is 57.1 Å². The van der Waals surface area contributed by atoms with E-state index >= 15 is 0 Å². The first-order valence-electron chi connectivity index (χ1n) is 8.77. The second-order valence-electron chi connectivity index (χ2n) is 6.21. The molecule has 0 aliphatic rings. The van der Waals surface area contributed by atoms with Crippen LogP contribution in [0.15, 0.2) is 28.7 Å².